The minimum atomic E-state index is 1.01. The van der Waals surface area contributed by atoms with Gasteiger partial charge in [0.05, 0.1) is 0 Å². The van der Waals surface area contributed by atoms with Crippen LogP contribution >= 0.6 is 0 Å². The van der Waals surface area contributed by atoms with Crippen LogP contribution in [-0.4, -0.2) is 3.21 Å². The van der Waals surface area contributed by atoms with Gasteiger partial charge in [0.2, 0.25) is 0 Å². The molecule has 0 fully saturated rings. The van der Waals surface area contributed by atoms with Crippen LogP contribution in [0.3, 0.4) is 0 Å². The topological polar surface area (TPSA) is 0 Å². The van der Waals surface area contributed by atoms with Gasteiger partial charge in [0.15, 0.2) is 0 Å². The Bertz CT molecular complexity index is 1330. The van der Waals surface area contributed by atoms with Crippen LogP contribution < -0.4 is 0 Å². The van der Waals surface area contributed by atoms with E-state index in [0.29, 0.717) is 0 Å². The van der Waals surface area contributed by atoms with Crippen molar-refractivity contribution in [3.63, 3.8) is 0 Å². The first-order chi connectivity index (χ1) is 16.6. The molecular weight excluding hydrogens is 488 g/mol. The summed E-state index contributed by atoms with van der Waals surface area (Å²) in [6.45, 7) is 4.38. The summed E-state index contributed by atoms with van der Waals surface area (Å²) >= 11 is 1.46. The molecule has 0 aromatic heterocycles. The summed E-state index contributed by atoms with van der Waals surface area (Å²) in [6, 6.07) is 36.4. The number of rotatable bonds is 2. The Morgan fingerprint density at radius 3 is 1.56 bits per heavy atom. The minimum absolute atomic E-state index is 1.01. The van der Waals surface area contributed by atoms with Gasteiger partial charge in [-0.25, -0.2) is 12.2 Å². The molecular formula is C33H28Zr. The molecule has 0 amide bonds. The zero-order valence-electron chi connectivity index (χ0n) is 19.8. The average Bonchev–Trinajstić information content (AvgIpc) is 3.58. The summed E-state index contributed by atoms with van der Waals surface area (Å²) in [5.74, 6) is 0. The van der Waals surface area contributed by atoms with Crippen molar-refractivity contribution in [3.05, 3.63) is 150 Å². The Hall–Kier alpha value is -3.02. The molecule has 0 N–H and O–H groups in total. The molecule has 6 rings (SSSR count). The van der Waals surface area contributed by atoms with Crippen molar-refractivity contribution in [2.75, 3.05) is 0 Å². The Morgan fingerprint density at radius 2 is 1.18 bits per heavy atom. The molecule has 0 radical (unpaired) electrons. The zero-order valence-corrected chi connectivity index (χ0v) is 22.2. The third-order valence-electron chi connectivity index (χ3n) is 5.88. The van der Waals surface area contributed by atoms with Gasteiger partial charge in [-0.2, -0.15) is 6.08 Å². The van der Waals surface area contributed by atoms with E-state index in [2.05, 4.69) is 129 Å². The van der Waals surface area contributed by atoms with Gasteiger partial charge in [0.25, 0.3) is 0 Å². The molecule has 0 spiro atoms. The van der Waals surface area contributed by atoms with Gasteiger partial charge in [0, 0.05) is 0 Å². The first kappa shape index (κ1) is 24.1. The van der Waals surface area contributed by atoms with E-state index in [4.69, 9.17) is 0 Å². The van der Waals surface area contributed by atoms with Crippen molar-refractivity contribution in [1.82, 2.24) is 0 Å². The molecule has 5 aromatic carbocycles. The summed E-state index contributed by atoms with van der Waals surface area (Å²) < 4.78 is 1.42. The van der Waals surface area contributed by atoms with Crippen LogP contribution in [0.15, 0.2) is 121 Å². The zero-order chi connectivity index (χ0) is 23.8. The Labute approximate surface area is 218 Å². The van der Waals surface area contributed by atoms with Crippen molar-refractivity contribution < 1.29 is 24.2 Å². The van der Waals surface area contributed by atoms with E-state index < -0.39 is 0 Å². The van der Waals surface area contributed by atoms with Crippen LogP contribution in [0.25, 0.3) is 21.5 Å². The molecule has 0 saturated carbocycles. The van der Waals surface area contributed by atoms with Crippen molar-refractivity contribution in [2.24, 2.45) is 0 Å². The van der Waals surface area contributed by atoms with Crippen molar-refractivity contribution in [3.8, 4) is 0 Å². The van der Waals surface area contributed by atoms with Crippen molar-refractivity contribution in [1.29, 1.82) is 0 Å². The Kier molecular flexibility index (Phi) is 8.45. The summed E-state index contributed by atoms with van der Waals surface area (Å²) in [5, 5.41) is 5.56. The molecule has 0 heterocycles. The summed E-state index contributed by atoms with van der Waals surface area (Å²) in [6.07, 6.45) is 10.0. The second kappa shape index (κ2) is 11.9. The van der Waals surface area contributed by atoms with Crippen molar-refractivity contribution >= 4 is 24.8 Å². The summed E-state index contributed by atoms with van der Waals surface area (Å²) in [5.41, 5.74) is 5.41. The van der Waals surface area contributed by atoms with Gasteiger partial charge in [-0.3, -0.25) is 6.08 Å². The third kappa shape index (κ3) is 5.91. The van der Waals surface area contributed by atoms with Crippen LogP contribution in [-0.2, 0) is 24.2 Å². The number of allylic oxidation sites excluding steroid dienone is 4. The van der Waals surface area contributed by atoms with E-state index in [9.17, 15) is 0 Å². The first-order valence-electron chi connectivity index (χ1n) is 11.6. The SMILES string of the molecule is Cc1cccc2[cH-]c3cccc(C)c3c12.[C-]1=CC=CC1.[Zr+2]=[C](c1ccccc1)c1ccccc1. The van der Waals surface area contributed by atoms with Gasteiger partial charge >= 0.3 is 99.2 Å². The average molecular weight is 516 g/mol. The fourth-order valence-electron chi connectivity index (χ4n) is 4.19. The van der Waals surface area contributed by atoms with E-state index in [1.807, 2.05) is 12.2 Å². The molecule has 0 bridgehead atoms. The van der Waals surface area contributed by atoms with E-state index in [-0.39, 0.29) is 0 Å². The number of aryl methyl sites for hydroxylation is 2. The van der Waals surface area contributed by atoms with Crippen LogP contribution in [0.2, 0.25) is 0 Å². The Balaban J connectivity index is 0.000000134. The summed E-state index contributed by atoms with van der Waals surface area (Å²) in [7, 11) is 0. The molecule has 0 aliphatic heterocycles. The van der Waals surface area contributed by atoms with Gasteiger partial charge < -0.3 is 0 Å². The standard InChI is InChI=1S/C15H13.C13H10.C5H5.Zr/c1-10-5-3-7-12-9-13-8-4-6-11(2)15(13)14(10)12;1-3-7-12(8-4-1)11-13-9-5-2-6-10-13;1-2-4-5-3-1;/h3-9H,1-2H3;1-10H;1-3H,4H2;/q-1;;-1;+2. The molecule has 1 aliphatic rings. The van der Waals surface area contributed by atoms with Crippen molar-refractivity contribution in [2.45, 2.75) is 20.3 Å². The van der Waals surface area contributed by atoms with Crippen LogP contribution in [0.5, 0.6) is 0 Å². The van der Waals surface area contributed by atoms with E-state index in [0.717, 1.165) is 6.42 Å². The number of benzene rings is 4. The maximum atomic E-state index is 2.99. The van der Waals surface area contributed by atoms with Crippen LogP contribution in [0.1, 0.15) is 28.7 Å². The molecule has 1 heteroatoms. The molecule has 0 saturated heterocycles. The van der Waals surface area contributed by atoms with Gasteiger partial charge in [0.1, 0.15) is 0 Å². The molecule has 164 valence electrons. The second-order valence-corrected chi connectivity index (χ2v) is 9.56. The number of hydrogen-bond acceptors (Lipinski definition) is 0. The predicted octanol–water partition coefficient (Wildman–Crippen LogP) is 8.44. The van der Waals surface area contributed by atoms with Crippen LogP contribution in [0.4, 0.5) is 0 Å². The molecule has 0 atom stereocenters. The Morgan fingerprint density at radius 1 is 0.676 bits per heavy atom. The second-order valence-electron chi connectivity index (χ2n) is 8.33. The monoisotopic (exact) mass is 514 g/mol. The quantitative estimate of drug-likeness (QED) is 0.207. The number of fused-ring (bicyclic) bond motifs is 3. The molecule has 34 heavy (non-hydrogen) atoms. The maximum absolute atomic E-state index is 2.99. The predicted molar refractivity (Wildman–Crippen MR) is 144 cm³/mol. The van der Waals surface area contributed by atoms with E-state index in [1.165, 1.54) is 71.2 Å². The van der Waals surface area contributed by atoms with E-state index >= 15 is 0 Å². The molecule has 0 unspecified atom stereocenters. The fourth-order valence-corrected chi connectivity index (χ4v) is 5.01. The molecule has 5 aromatic rings. The molecule has 0 nitrogen and oxygen atoms in total. The fraction of sp³-hybridized carbons (Fsp3) is 0.0909. The van der Waals surface area contributed by atoms with Gasteiger partial charge in [-0.05, 0) is 13.8 Å². The van der Waals surface area contributed by atoms with Gasteiger partial charge in [-0.1, -0.05) is 35.4 Å². The number of hydrogen-bond donors (Lipinski definition) is 0. The molecule has 1 aliphatic carbocycles. The summed E-state index contributed by atoms with van der Waals surface area (Å²) in [4.78, 5) is 0. The van der Waals surface area contributed by atoms with Crippen LogP contribution in [0, 0.1) is 19.9 Å². The third-order valence-corrected chi connectivity index (χ3v) is 7.30. The van der Waals surface area contributed by atoms with Gasteiger partial charge in [-0.15, -0.1) is 46.2 Å². The van der Waals surface area contributed by atoms with E-state index in [1.54, 1.807) is 0 Å². The first-order valence-corrected chi connectivity index (χ1v) is 12.8. The normalized spacial score (nSPS) is 11.6.